The van der Waals surface area contributed by atoms with Crippen LogP contribution in [0.2, 0.25) is 0 Å². The van der Waals surface area contributed by atoms with Crippen LogP contribution in [0.1, 0.15) is 18.1 Å². The molecular formula is C16H21N3O. The van der Waals surface area contributed by atoms with Gasteiger partial charge < -0.3 is 10.3 Å². The average Bonchev–Trinajstić information content (AvgIpc) is 2.48. The third-order valence-electron chi connectivity index (χ3n) is 4.00. The minimum Gasteiger partial charge on any atom is -0.322 e. The van der Waals surface area contributed by atoms with Crippen LogP contribution < -0.4 is 10.9 Å². The molecule has 0 bridgehead atoms. The number of benzene rings is 1. The molecule has 4 nitrogen and oxygen atoms in total. The number of aromatic nitrogens is 1. The van der Waals surface area contributed by atoms with Crippen LogP contribution in [-0.4, -0.2) is 36.1 Å². The number of aromatic amines is 1. The molecule has 1 fully saturated rings. The van der Waals surface area contributed by atoms with E-state index in [-0.39, 0.29) is 5.56 Å². The standard InChI is InChI=1S/C16H21N3O/c1-2-12-3-4-15-13(9-12)10-14(16(20)18-15)11-19-7-5-17-6-8-19/h3-4,9-10,17H,2,5-8,11H2,1H3,(H,18,20). The number of hydrogen-bond donors (Lipinski definition) is 2. The third-order valence-corrected chi connectivity index (χ3v) is 4.00. The average molecular weight is 271 g/mol. The smallest absolute Gasteiger partial charge is 0.252 e. The second-order valence-electron chi connectivity index (χ2n) is 5.43. The Morgan fingerprint density at radius 3 is 2.75 bits per heavy atom. The Balaban J connectivity index is 1.93. The number of H-pyrrole nitrogens is 1. The van der Waals surface area contributed by atoms with E-state index in [1.165, 1.54) is 5.56 Å². The van der Waals surface area contributed by atoms with Crippen LogP contribution in [0.5, 0.6) is 0 Å². The maximum absolute atomic E-state index is 12.2. The maximum atomic E-state index is 12.2. The van der Waals surface area contributed by atoms with Crippen molar-refractivity contribution in [3.05, 3.63) is 45.7 Å². The van der Waals surface area contributed by atoms with Crippen molar-refractivity contribution in [1.82, 2.24) is 15.2 Å². The number of rotatable bonds is 3. The Morgan fingerprint density at radius 1 is 1.20 bits per heavy atom. The van der Waals surface area contributed by atoms with Gasteiger partial charge in [-0.05, 0) is 35.6 Å². The molecule has 2 heterocycles. The van der Waals surface area contributed by atoms with Gasteiger partial charge in [0.1, 0.15) is 0 Å². The molecule has 1 aromatic heterocycles. The lowest BCUT2D eigenvalue weighted by atomic mass is 10.1. The van der Waals surface area contributed by atoms with Crippen molar-refractivity contribution >= 4 is 10.9 Å². The lowest BCUT2D eigenvalue weighted by Gasteiger charge is -2.26. The number of fused-ring (bicyclic) bond motifs is 1. The molecule has 2 N–H and O–H groups in total. The fourth-order valence-electron chi connectivity index (χ4n) is 2.75. The Labute approximate surface area is 118 Å². The highest BCUT2D eigenvalue weighted by molar-refractivity contribution is 5.79. The summed E-state index contributed by atoms with van der Waals surface area (Å²) in [6, 6.07) is 8.31. The lowest BCUT2D eigenvalue weighted by molar-refractivity contribution is 0.232. The zero-order chi connectivity index (χ0) is 13.9. The molecule has 1 saturated heterocycles. The number of nitrogens with zero attached hydrogens (tertiary/aromatic N) is 1. The lowest BCUT2D eigenvalue weighted by Crippen LogP contribution is -2.43. The van der Waals surface area contributed by atoms with E-state index in [2.05, 4.69) is 40.3 Å². The highest BCUT2D eigenvalue weighted by Crippen LogP contribution is 2.15. The van der Waals surface area contributed by atoms with E-state index >= 15 is 0 Å². The van der Waals surface area contributed by atoms with Crippen LogP contribution in [0.25, 0.3) is 10.9 Å². The van der Waals surface area contributed by atoms with Gasteiger partial charge in [-0.2, -0.15) is 0 Å². The van der Waals surface area contributed by atoms with E-state index in [0.717, 1.165) is 55.6 Å². The van der Waals surface area contributed by atoms with Gasteiger partial charge >= 0.3 is 0 Å². The molecule has 0 radical (unpaired) electrons. The molecule has 1 aromatic carbocycles. The second kappa shape index (κ2) is 5.77. The van der Waals surface area contributed by atoms with Crippen molar-refractivity contribution in [2.24, 2.45) is 0 Å². The van der Waals surface area contributed by atoms with Crippen molar-refractivity contribution in [2.75, 3.05) is 26.2 Å². The first-order valence-corrected chi connectivity index (χ1v) is 7.34. The summed E-state index contributed by atoms with van der Waals surface area (Å²) in [5.41, 5.74) is 3.14. The molecule has 4 heteroatoms. The maximum Gasteiger partial charge on any atom is 0.252 e. The van der Waals surface area contributed by atoms with Crippen LogP contribution in [0, 0.1) is 0 Å². The third kappa shape index (κ3) is 2.76. The fraction of sp³-hybridized carbons (Fsp3) is 0.438. The van der Waals surface area contributed by atoms with Crippen LogP contribution in [0.3, 0.4) is 0 Å². The van der Waals surface area contributed by atoms with E-state index in [1.807, 2.05) is 6.07 Å². The summed E-state index contributed by atoms with van der Waals surface area (Å²) in [6.45, 7) is 6.91. The summed E-state index contributed by atoms with van der Waals surface area (Å²) in [4.78, 5) is 17.5. The van der Waals surface area contributed by atoms with Crippen LogP contribution in [-0.2, 0) is 13.0 Å². The number of aryl methyl sites for hydroxylation is 1. The molecule has 3 rings (SSSR count). The summed E-state index contributed by atoms with van der Waals surface area (Å²) in [5.74, 6) is 0. The monoisotopic (exact) mass is 271 g/mol. The SMILES string of the molecule is CCc1ccc2[nH]c(=O)c(CN3CCNCC3)cc2c1. The minimum absolute atomic E-state index is 0.0419. The van der Waals surface area contributed by atoms with Crippen molar-refractivity contribution in [3.63, 3.8) is 0 Å². The molecule has 2 aromatic rings. The number of piperazine rings is 1. The van der Waals surface area contributed by atoms with Gasteiger partial charge in [0.15, 0.2) is 0 Å². The Kier molecular flexibility index (Phi) is 3.85. The van der Waals surface area contributed by atoms with E-state index in [9.17, 15) is 4.79 Å². The van der Waals surface area contributed by atoms with Crippen LogP contribution in [0.4, 0.5) is 0 Å². The minimum atomic E-state index is 0.0419. The number of nitrogens with one attached hydrogen (secondary N) is 2. The normalized spacial score (nSPS) is 16.6. The molecule has 106 valence electrons. The highest BCUT2D eigenvalue weighted by atomic mass is 16.1. The quantitative estimate of drug-likeness (QED) is 0.889. The van der Waals surface area contributed by atoms with Gasteiger partial charge in [0.05, 0.1) is 0 Å². The van der Waals surface area contributed by atoms with Gasteiger partial charge in [-0.1, -0.05) is 13.0 Å². The summed E-state index contributed by atoms with van der Waals surface area (Å²) in [5, 5.41) is 4.47. The number of hydrogen-bond acceptors (Lipinski definition) is 3. The Bertz CT molecular complexity index is 656. The molecule has 0 spiro atoms. The molecular weight excluding hydrogens is 250 g/mol. The van der Waals surface area contributed by atoms with Gasteiger partial charge in [0.2, 0.25) is 0 Å². The zero-order valence-corrected chi connectivity index (χ0v) is 11.9. The molecule has 0 unspecified atom stereocenters. The van der Waals surface area contributed by atoms with Gasteiger partial charge in [-0.25, -0.2) is 0 Å². The summed E-state index contributed by atoms with van der Waals surface area (Å²) < 4.78 is 0. The fourth-order valence-corrected chi connectivity index (χ4v) is 2.75. The van der Waals surface area contributed by atoms with E-state index in [4.69, 9.17) is 0 Å². The molecule has 1 aliphatic heterocycles. The van der Waals surface area contributed by atoms with Gasteiger partial charge in [0.25, 0.3) is 5.56 Å². The van der Waals surface area contributed by atoms with Crippen LogP contribution >= 0.6 is 0 Å². The molecule has 0 atom stereocenters. The Hall–Kier alpha value is -1.65. The largest absolute Gasteiger partial charge is 0.322 e. The molecule has 20 heavy (non-hydrogen) atoms. The topological polar surface area (TPSA) is 48.1 Å². The van der Waals surface area contributed by atoms with Crippen molar-refractivity contribution in [1.29, 1.82) is 0 Å². The van der Waals surface area contributed by atoms with Crippen molar-refractivity contribution < 1.29 is 0 Å². The highest BCUT2D eigenvalue weighted by Gasteiger charge is 2.12. The van der Waals surface area contributed by atoms with E-state index in [0.29, 0.717) is 0 Å². The molecule has 1 aliphatic rings. The predicted molar refractivity (Wildman–Crippen MR) is 82.1 cm³/mol. The second-order valence-corrected chi connectivity index (χ2v) is 5.43. The van der Waals surface area contributed by atoms with E-state index < -0.39 is 0 Å². The predicted octanol–water partition coefficient (Wildman–Crippen LogP) is 1.50. The van der Waals surface area contributed by atoms with Gasteiger partial charge in [0, 0.05) is 43.8 Å². The molecule has 0 saturated carbocycles. The molecule has 0 amide bonds. The van der Waals surface area contributed by atoms with Gasteiger partial charge in [-0.15, -0.1) is 0 Å². The van der Waals surface area contributed by atoms with E-state index in [1.54, 1.807) is 0 Å². The summed E-state index contributed by atoms with van der Waals surface area (Å²) >= 11 is 0. The first-order valence-electron chi connectivity index (χ1n) is 7.34. The summed E-state index contributed by atoms with van der Waals surface area (Å²) in [6.07, 6.45) is 1.02. The zero-order valence-electron chi connectivity index (χ0n) is 11.9. The van der Waals surface area contributed by atoms with Crippen molar-refractivity contribution in [2.45, 2.75) is 19.9 Å². The first-order chi connectivity index (χ1) is 9.76. The summed E-state index contributed by atoms with van der Waals surface area (Å²) in [7, 11) is 0. The van der Waals surface area contributed by atoms with Crippen LogP contribution in [0.15, 0.2) is 29.1 Å². The first kappa shape index (κ1) is 13.3. The molecule has 0 aliphatic carbocycles. The Morgan fingerprint density at radius 2 is 2.00 bits per heavy atom. The van der Waals surface area contributed by atoms with Crippen molar-refractivity contribution in [3.8, 4) is 0 Å². The number of pyridine rings is 1. The van der Waals surface area contributed by atoms with Gasteiger partial charge in [-0.3, -0.25) is 9.69 Å².